The summed E-state index contributed by atoms with van der Waals surface area (Å²) < 4.78 is 2.91. The molecule has 3 nitrogen and oxygen atoms in total. The van der Waals surface area contributed by atoms with Crippen LogP contribution in [0.5, 0.6) is 0 Å². The van der Waals surface area contributed by atoms with Crippen LogP contribution in [0.4, 0.5) is 0 Å². The lowest BCUT2D eigenvalue weighted by Gasteiger charge is -2.13. The van der Waals surface area contributed by atoms with Crippen molar-refractivity contribution in [2.24, 2.45) is 0 Å². The van der Waals surface area contributed by atoms with Crippen LogP contribution in [-0.4, -0.2) is 15.6 Å². The highest BCUT2D eigenvalue weighted by molar-refractivity contribution is 9.10. The van der Waals surface area contributed by atoms with E-state index in [9.17, 15) is 9.90 Å². The molecule has 0 unspecified atom stereocenters. The smallest absolute Gasteiger partial charge is 0.352 e. The molecule has 1 aromatic carbocycles. The monoisotopic (exact) mass is 321 g/mol. The topological polar surface area (TPSA) is 42.2 Å². The lowest BCUT2D eigenvalue weighted by Crippen LogP contribution is -2.09. The number of aromatic carboxylic acids is 1. The molecule has 100 valence electrons. The van der Waals surface area contributed by atoms with E-state index in [1.807, 2.05) is 42.7 Å². The highest BCUT2D eigenvalue weighted by atomic mass is 79.9. The minimum atomic E-state index is -0.882. The Morgan fingerprint density at radius 3 is 2.68 bits per heavy atom. The molecular weight excluding hydrogens is 306 g/mol. The van der Waals surface area contributed by atoms with E-state index in [-0.39, 0.29) is 0 Å². The number of hydrogen-bond acceptors (Lipinski definition) is 1. The number of halogens is 1. The van der Waals surface area contributed by atoms with E-state index in [1.54, 1.807) is 6.07 Å². The third-order valence-electron chi connectivity index (χ3n) is 3.19. The molecule has 0 saturated heterocycles. The zero-order valence-electron chi connectivity index (χ0n) is 11.0. The Kier molecular flexibility index (Phi) is 4.10. The van der Waals surface area contributed by atoms with Crippen LogP contribution in [0.3, 0.4) is 0 Å². The summed E-state index contributed by atoms with van der Waals surface area (Å²) in [6.07, 6.45) is 0.898. The van der Waals surface area contributed by atoms with Crippen molar-refractivity contribution in [1.82, 2.24) is 4.57 Å². The third-order valence-corrected chi connectivity index (χ3v) is 4.05. The van der Waals surface area contributed by atoms with Crippen LogP contribution in [-0.2, 0) is 6.54 Å². The second-order valence-electron chi connectivity index (χ2n) is 4.47. The minimum Gasteiger partial charge on any atom is -0.477 e. The summed E-state index contributed by atoms with van der Waals surface area (Å²) in [5.74, 6) is -0.882. The molecule has 0 radical (unpaired) electrons. The second kappa shape index (κ2) is 5.61. The molecule has 1 heterocycles. The van der Waals surface area contributed by atoms with Crippen LogP contribution in [0, 0.1) is 6.92 Å². The largest absolute Gasteiger partial charge is 0.477 e. The van der Waals surface area contributed by atoms with Gasteiger partial charge in [0.05, 0.1) is 0 Å². The quantitative estimate of drug-likeness (QED) is 0.910. The molecule has 0 fully saturated rings. The summed E-state index contributed by atoms with van der Waals surface area (Å²) in [5.41, 5.74) is 3.49. The fourth-order valence-electron chi connectivity index (χ4n) is 2.24. The summed E-state index contributed by atoms with van der Waals surface area (Å²) in [7, 11) is 0. The van der Waals surface area contributed by atoms with Crippen molar-refractivity contribution in [3.8, 4) is 11.3 Å². The maximum Gasteiger partial charge on any atom is 0.352 e. The van der Waals surface area contributed by atoms with E-state index < -0.39 is 5.97 Å². The summed E-state index contributed by atoms with van der Waals surface area (Å²) >= 11 is 3.52. The number of carboxylic acids is 1. The average Bonchev–Trinajstić information content (AvgIpc) is 2.77. The number of carbonyl (C=O) groups is 1. The first-order valence-corrected chi connectivity index (χ1v) is 7.03. The number of carboxylic acid groups (broad SMARTS) is 1. The Bertz CT molecular complexity index is 617. The summed E-state index contributed by atoms with van der Waals surface area (Å²) in [5, 5.41) is 9.25. The van der Waals surface area contributed by atoms with Crippen LogP contribution < -0.4 is 0 Å². The van der Waals surface area contributed by atoms with Gasteiger partial charge in [-0.05, 0) is 37.1 Å². The van der Waals surface area contributed by atoms with Crippen LogP contribution in [0.1, 0.15) is 29.4 Å². The molecular formula is C15H16BrNO2. The SMILES string of the molecule is CCCn1c(C(=O)O)ccc1-c1cccc(Br)c1C. The first kappa shape index (κ1) is 13.9. The number of rotatable bonds is 4. The highest BCUT2D eigenvalue weighted by Gasteiger charge is 2.16. The third kappa shape index (κ3) is 2.59. The van der Waals surface area contributed by atoms with Gasteiger partial charge >= 0.3 is 5.97 Å². The number of benzene rings is 1. The van der Waals surface area contributed by atoms with Crippen molar-refractivity contribution in [2.75, 3.05) is 0 Å². The number of aromatic nitrogens is 1. The lowest BCUT2D eigenvalue weighted by atomic mass is 10.1. The summed E-state index contributed by atoms with van der Waals surface area (Å²) in [6.45, 7) is 4.78. The molecule has 4 heteroatoms. The number of hydrogen-bond donors (Lipinski definition) is 1. The van der Waals surface area contributed by atoms with E-state index in [2.05, 4.69) is 15.9 Å². The molecule has 0 atom stereocenters. The summed E-state index contributed by atoms with van der Waals surface area (Å²) in [6, 6.07) is 9.54. The Balaban J connectivity index is 2.62. The lowest BCUT2D eigenvalue weighted by molar-refractivity contribution is 0.0685. The van der Waals surface area contributed by atoms with Gasteiger partial charge in [0.15, 0.2) is 0 Å². The van der Waals surface area contributed by atoms with Gasteiger partial charge in [-0.2, -0.15) is 0 Å². The molecule has 1 N–H and O–H groups in total. The predicted octanol–water partition coefficient (Wildman–Crippen LogP) is 4.33. The Morgan fingerprint density at radius 2 is 2.05 bits per heavy atom. The van der Waals surface area contributed by atoms with E-state index in [0.29, 0.717) is 12.2 Å². The molecule has 0 amide bonds. The van der Waals surface area contributed by atoms with Crippen molar-refractivity contribution in [2.45, 2.75) is 26.8 Å². The number of nitrogens with zero attached hydrogens (tertiary/aromatic N) is 1. The van der Waals surface area contributed by atoms with E-state index >= 15 is 0 Å². The van der Waals surface area contributed by atoms with Gasteiger partial charge in [0.25, 0.3) is 0 Å². The first-order chi connectivity index (χ1) is 9.06. The van der Waals surface area contributed by atoms with Crippen molar-refractivity contribution >= 4 is 21.9 Å². The molecule has 0 saturated carbocycles. The Labute approximate surface area is 121 Å². The fraction of sp³-hybridized carbons (Fsp3) is 0.267. The highest BCUT2D eigenvalue weighted by Crippen LogP contribution is 2.30. The summed E-state index contributed by atoms with van der Waals surface area (Å²) in [4.78, 5) is 11.3. The van der Waals surface area contributed by atoms with Crippen LogP contribution in [0.25, 0.3) is 11.3 Å². The van der Waals surface area contributed by atoms with Crippen molar-refractivity contribution < 1.29 is 9.90 Å². The van der Waals surface area contributed by atoms with Gasteiger partial charge in [-0.25, -0.2) is 4.79 Å². The van der Waals surface area contributed by atoms with Gasteiger partial charge in [0.2, 0.25) is 0 Å². The molecule has 2 rings (SSSR count). The Hall–Kier alpha value is -1.55. The van der Waals surface area contributed by atoms with E-state index in [0.717, 1.165) is 27.7 Å². The maximum atomic E-state index is 11.3. The van der Waals surface area contributed by atoms with Crippen molar-refractivity contribution in [3.05, 3.63) is 46.1 Å². The molecule has 19 heavy (non-hydrogen) atoms. The van der Waals surface area contributed by atoms with Gasteiger partial charge in [0, 0.05) is 22.3 Å². The van der Waals surface area contributed by atoms with E-state index in [1.165, 1.54) is 0 Å². The van der Waals surface area contributed by atoms with Gasteiger partial charge < -0.3 is 9.67 Å². The van der Waals surface area contributed by atoms with Crippen LogP contribution >= 0.6 is 15.9 Å². The van der Waals surface area contributed by atoms with Gasteiger partial charge in [-0.1, -0.05) is 35.0 Å². The van der Waals surface area contributed by atoms with Crippen molar-refractivity contribution in [1.29, 1.82) is 0 Å². The zero-order chi connectivity index (χ0) is 14.0. The van der Waals surface area contributed by atoms with Gasteiger partial charge in [-0.3, -0.25) is 0 Å². The van der Waals surface area contributed by atoms with Crippen molar-refractivity contribution in [3.63, 3.8) is 0 Å². The normalized spacial score (nSPS) is 10.7. The molecule has 0 aliphatic heterocycles. The molecule has 0 spiro atoms. The van der Waals surface area contributed by atoms with Gasteiger partial charge in [0.1, 0.15) is 5.69 Å². The standard InChI is InChI=1S/C15H16BrNO2/c1-3-9-17-13(7-8-14(17)15(18)19)11-5-4-6-12(16)10(11)2/h4-8H,3,9H2,1-2H3,(H,18,19). The molecule has 0 bridgehead atoms. The average molecular weight is 322 g/mol. The molecule has 1 aromatic heterocycles. The zero-order valence-corrected chi connectivity index (χ0v) is 12.6. The van der Waals surface area contributed by atoms with Crippen LogP contribution in [0.2, 0.25) is 0 Å². The minimum absolute atomic E-state index is 0.344. The molecule has 2 aromatic rings. The Morgan fingerprint density at radius 1 is 1.32 bits per heavy atom. The first-order valence-electron chi connectivity index (χ1n) is 6.24. The second-order valence-corrected chi connectivity index (χ2v) is 5.33. The molecule has 0 aliphatic carbocycles. The predicted molar refractivity (Wildman–Crippen MR) is 79.6 cm³/mol. The van der Waals surface area contributed by atoms with Crippen LogP contribution in [0.15, 0.2) is 34.8 Å². The van der Waals surface area contributed by atoms with E-state index in [4.69, 9.17) is 0 Å². The van der Waals surface area contributed by atoms with Gasteiger partial charge in [-0.15, -0.1) is 0 Å². The maximum absolute atomic E-state index is 11.3. The molecule has 0 aliphatic rings. The fourth-order valence-corrected chi connectivity index (χ4v) is 2.61.